The summed E-state index contributed by atoms with van der Waals surface area (Å²) < 4.78 is 18.1. The molecule has 0 amide bonds. The minimum atomic E-state index is -0.571. The Kier molecular flexibility index (Phi) is 4.29. The summed E-state index contributed by atoms with van der Waals surface area (Å²) in [5.74, 6) is -0.306. The second-order valence-corrected chi connectivity index (χ2v) is 4.48. The zero-order valence-electron chi connectivity index (χ0n) is 11.0. The Morgan fingerprint density at radius 1 is 1.42 bits per heavy atom. The summed E-state index contributed by atoms with van der Waals surface area (Å²) >= 11 is 0. The maximum Gasteiger partial charge on any atom is 0.125 e. The van der Waals surface area contributed by atoms with Crippen molar-refractivity contribution in [2.45, 2.75) is 6.10 Å². The van der Waals surface area contributed by atoms with Gasteiger partial charge in [-0.1, -0.05) is 0 Å². The Labute approximate surface area is 111 Å². The minimum Gasteiger partial charge on any atom is -0.389 e. The van der Waals surface area contributed by atoms with Crippen molar-refractivity contribution in [2.24, 2.45) is 0 Å². The van der Waals surface area contributed by atoms with Crippen LogP contribution in [0.1, 0.15) is 0 Å². The van der Waals surface area contributed by atoms with Crippen molar-refractivity contribution < 1.29 is 14.2 Å². The number of aliphatic hydroxyl groups is 1. The highest BCUT2D eigenvalue weighted by molar-refractivity contribution is 5.91. The number of fused-ring (bicyclic) bond motifs is 1. The molecule has 0 spiro atoms. The van der Waals surface area contributed by atoms with Gasteiger partial charge in [0.1, 0.15) is 5.82 Å². The number of halogens is 1. The molecule has 0 aliphatic carbocycles. The van der Waals surface area contributed by atoms with E-state index in [0.717, 1.165) is 11.1 Å². The van der Waals surface area contributed by atoms with Gasteiger partial charge in [0, 0.05) is 44.0 Å². The fourth-order valence-electron chi connectivity index (χ4n) is 2.10. The van der Waals surface area contributed by atoms with Gasteiger partial charge < -0.3 is 14.7 Å². The summed E-state index contributed by atoms with van der Waals surface area (Å²) in [7, 11) is 3.42. The molecule has 1 N–H and O–H groups in total. The van der Waals surface area contributed by atoms with Crippen LogP contribution < -0.4 is 4.90 Å². The van der Waals surface area contributed by atoms with Crippen LogP contribution in [0.5, 0.6) is 0 Å². The Bertz CT molecular complexity index is 562. The van der Waals surface area contributed by atoms with Crippen LogP contribution in [0.4, 0.5) is 10.1 Å². The van der Waals surface area contributed by atoms with E-state index in [0.29, 0.717) is 12.1 Å². The van der Waals surface area contributed by atoms with E-state index in [-0.39, 0.29) is 12.4 Å². The zero-order chi connectivity index (χ0) is 13.8. The highest BCUT2D eigenvalue weighted by atomic mass is 19.1. The summed E-state index contributed by atoms with van der Waals surface area (Å²) in [6.07, 6.45) is 1.06. The molecule has 0 unspecified atom stereocenters. The van der Waals surface area contributed by atoms with Gasteiger partial charge in [0.25, 0.3) is 0 Å². The van der Waals surface area contributed by atoms with Crippen LogP contribution in [0.2, 0.25) is 0 Å². The highest BCUT2D eigenvalue weighted by Gasteiger charge is 2.11. The molecular weight excluding hydrogens is 247 g/mol. The lowest BCUT2D eigenvalue weighted by atomic mass is 10.1. The molecule has 1 aromatic heterocycles. The van der Waals surface area contributed by atoms with Gasteiger partial charge in [-0.15, -0.1) is 0 Å². The van der Waals surface area contributed by atoms with Crippen molar-refractivity contribution in [3.05, 3.63) is 36.3 Å². The molecule has 102 valence electrons. The normalized spacial score (nSPS) is 12.6. The quantitative estimate of drug-likeness (QED) is 0.894. The first-order chi connectivity index (χ1) is 9.11. The molecular formula is C14H17FN2O2. The Hall–Kier alpha value is -1.72. The third-order valence-electron chi connectivity index (χ3n) is 2.94. The largest absolute Gasteiger partial charge is 0.389 e. The van der Waals surface area contributed by atoms with E-state index < -0.39 is 6.10 Å². The molecule has 4 nitrogen and oxygen atoms in total. The molecule has 5 heteroatoms. The summed E-state index contributed by atoms with van der Waals surface area (Å²) in [4.78, 5) is 6.06. The van der Waals surface area contributed by atoms with Crippen molar-refractivity contribution in [1.29, 1.82) is 0 Å². The van der Waals surface area contributed by atoms with E-state index in [9.17, 15) is 9.50 Å². The van der Waals surface area contributed by atoms with Gasteiger partial charge in [-0.25, -0.2) is 4.39 Å². The van der Waals surface area contributed by atoms with Crippen LogP contribution in [-0.4, -0.2) is 43.5 Å². The van der Waals surface area contributed by atoms with Gasteiger partial charge in [-0.05, 0) is 18.2 Å². The molecule has 1 aromatic carbocycles. The molecule has 2 aromatic rings. The smallest absolute Gasteiger partial charge is 0.125 e. The number of likely N-dealkylation sites (N-methyl/N-ethyl adjacent to an activating group) is 1. The first kappa shape index (κ1) is 13.7. The summed E-state index contributed by atoms with van der Waals surface area (Å²) in [6.45, 7) is 0.715. The van der Waals surface area contributed by atoms with E-state index in [1.54, 1.807) is 19.4 Å². The molecule has 2 rings (SSSR count). The van der Waals surface area contributed by atoms with Crippen molar-refractivity contribution >= 4 is 16.6 Å². The molecule has 0 bridgehead atoms. The number of pyridine rings is 1. The topological polar surface area (TPSA) is 45.6 Å². The average Bonchev–Trinajstić information content (AvgIpc) is 2.37. The van der Waals surface area contributed by atoms with Gasteiger partial charge in [-0.2, -0.15) is 0 Å². The van der Waals surface area contributed by atoms with Crippen LogP contribution in [-0.2, 0) is 4.74 Å². The maximum atomic E-state index is 13.2. The molecule has 0 aliphatic rings. The van der Waals surface area contributed by atoms with Gasteiger partial charge in [-0.3, -0.25) is 4.98 Å². The third kappa shape index (κ3) is 3.19. The second kappa shape index (κ2) is 5.95. The van der Waals surface area contributed by atoms with Gasteiger partial charge in [0.15, 0.2) is 0 Å². The van der Waals surface area contributed by atoms with Crippen molar-refractivity contribution in [3.63, 3.8) is 0 Å². The van der Waals surface area contributed by atoms with Crippen LogP contribution in [0, 0.1) is 5.82 Å². The lowest BCUT2D eigenvalue weighted by molar-refractivity contribution is 0.0695. The number of anilines is 1. The Balaban J connectivity index is 2.29. The van der Waals surface area contributed by atoms with E-state index in [2.05, 4.69) is 4.98 Å². The van der Waals surface area contributed by atoms with E-state index in [1.165, 1.54) is 12.1 Å². The van der Waals surface area contributed by atoms with Gasteiger partial charge >= 0.3 is 0 Å². The SMILES string of the molecule is COC[C@@H](O)CN(C)c1ccnc2cc(F)ccc12. The number of hydrogen-bond acceptors (Lipinski definition) is 4. The molecule has 0 saturated heterocycles. The zero-order valence-corrected chi connectivity index (χ0v) is 11.0. The Morgan fingerprint density at radius 3 is 2.95 bits per heavy atom. The summed E-state index contributed by atoms with van der Waals surface area (Å²) in [5, 5.41) is 10.6. The number of aliphatic hydroxyl groups excluding tert-OH is 1. The monoisotopic (exact) mass is 264 g/mol. The second-order valence-electron chi connectivity index (χ2n) is 4.48. The summed E-state index contributed by atoms with van der Waals surface area (Å²) in [6, 6.07) is 6.36. The Morgan fingerprint density at radius 2 is 2.21 bits per heavy atom. The van der Waals surface area contributed by atoms with E-state index in [1.807, 2.05) is 18.0 Å². The lowest BCUT2D eigenvalue weighted by Crippen LogP contribution is -2.32. The van der Waals surface area contributed by atoms with E-state index in [4.69, 9.17) is 4.74 Å². The van der Waals surface area contributed by atoms with Crippen LogP contribution in [0.3, 0.4) is 0 Å². The number of aromatic nitrogens is 1. The number of hydrogen-bond donors (Lipinski definition) is 1. The first-order valence-electron chi connectivity index (χ1n) is 6.04. The van der Waals surface area contributed by atoms with Gasteiger partial charge in [0.2, 0.25) is 0 Å². The average molecular weight is 264 g/mol. The number of methoxy groups -OCH3 is 1. The fraction of sp³-hybridized carbons (Fsp3) is 0.357. The predicted octanol–water partition coefficient (Wildman–Crippen LogP) is 1.82. The molecule has 1 atom stereocenters. The molecule has 0 saturated carbocycles. The molecule has 19 heavy (non-hydrogen) atoms. The van der Waals surface area contributed by atoms with Crippen LogP contribution >= 0.6 is 0 Å². The minimum absolute atomic E-state index is 0.280. The van der Waals surface area contributed by atoms with Crippen molar-refractivity contribution in [1.82, 2.24) is 4.98 Å². The number of ether oxygens (including phenoxy) is 1. The lowest BCUT2D eigenvalue weighted by Gasteiger charge is -2.23. The fourth-order valence-corrected chi connectivity index (χ4v) is 2.10. The molecule has 1 heterocycles. The molecule has 0 radical (unpaired) electrons. The number of benzene rings is 1. The standard InChI is InChI=1S/C14H17FN2O2/c1-17(8-11(18)9-19-2)14-5-6-16-13-7-10(15)3-4-12(13)14/h3-7,11,18H,8-9H2,1-2H3/t11-/m0/s1. The maximum absolute atomic E-state index is 13.2. The summed E-state index contributed by atoms with van der Waals surface area (Å²) in [5.41, 5.74) is 1.51. The molecule has 0 fully saturated rings. The van der Waals surface area contributed by atoms with E-state index >= 15 is 0 Å². The van der Waals surface area contributed by atoms with Crippen LogP contribution in [0.25, 0.3) is 10.9 Å². The van der Waals surface area contributed by atoms with Gasteiger partial charge in [0.05, 0.1) is 18.2 Å². The van der Waals surface area contributed by atoms with Crippen molar-refractivity contribution in [2.75, 3.05) is 32.2 Å². The molecule has 0 aliphatic heterocycles. The number of nitrogens with zero attached hydrogens (tertiary/aromatic N) is 2. The third-order valence-corrected chi connectivity index (χ3v) is 2.94. The van der Waals surface area contributed by atoms with Crippen LogP contribution in [0.15, 0.2) is 30.5 Å². The first-order valence-corrected chi connectivity index (χ1v) is 6.04. The van der Waals surface area contributed by atoms with Crippen molar-refractivity contribution in [3.8, 4) is 0 Å². The number of rotatable bonds is 5. The predicted molar refractivity (Wildman–Crippen MR) is 72.9 cm³/mol. The highest BCUT2D eigenvalue weighted by Crippen LogP contribution is 2.25.